The monoisotopic (exact) mass is 483 g/mol. The summed E-state index contributed by atoms with van der Waals surface area (Å²) in [7, 11) is 0. The largest absolute Gasteiger partial charge is 0.373 e. The van der Waals surface area contributed by atoms with Gasteiger partial charge in [0.15, 0.2) is 0 Å². The van der Waals surface area contributed by atoms with Crippen LogP contribution in [0.25, 0.3) is 23.3 Å². The van der Waals surface area contributed by atoms with Gasteiger partial charge >= 0.3 is 0 Å². The average Bonchev–Trinajstić information content (AvgIpc) is 2.81. The molecule has 2 aromatic carbocycles. The maximum Gasteiger partial charge on any atom is 0.123 e. The van der Waals surface area contributed by atoms with Gasteiger partial charge < -0.3 is 15.0 Å². The molecule has 2 aliphatic heterocycles. The van der Waals surface area contributed by atoms with Crippen LogP contribution in [0.15, 0.2) is 54.9 Å². The van der Waals surface area contributed by atoms with E-state index in [0.29, 0.717) is 22.7 Å². The fourth-order valence-electron chi connectivity index (χ4n) is 4.64. The van der Waals surface area contributed by atoms with Crippen LogP contribution >= 0.6 is 23.2 Å². The zero-order chi connectivity index (χ0) is 22.8. The standard InChI is InChI=1S/C26H24Cl2FN3O/c27-20-11-19(12-21(28)13-20)23-15-30-14-18(5-4-17-2-1-3-22(29)10-17)26(23)32-8-6-24-25(16-32)33-9-7-31-24/h1-5,10-15,24-25,31H,6-9,16H2/t24-,25-/m0/s1. The molecule has 0 radical (unpaired) electrons. The molecule has 7 heteroatoms. The lowest BCUT2D eigenvalue weighted by molar-refractivity contribution is -0.00901. The van der Waals surface area contributed by atoms with Crippen molar-refractivity contribution in [2.45, 2.75) is 18.6 Å². The molecule has 1 aromatic heterocycles. The predicted octanol–water partition coefficient (Wildman–Crippen LogP) is 5.93. The van der Waals surface area contributed by atoms with E-state index in [2.05, 4.69) is 15.2 Å². The quantitative estimate of drug-likeness (QED) is 0.498. The number of rotatable bonds is 4. The van der Waals surface area contributed by atoms with Gasteiger partial charge in [-0.05, 0) is 47.9 Å². The molecule has 2 saturated heterocycles. The van der Waals surface area contributed by atoms with E-state index < -0.39 is 0 Å². The van der Waals surface area contributed by atoms with Gasteiger partial charge in [-0.15, -0.1) is 0 Å². The molecular formula is C26H24Cl2FN3O. The first kappa shape index (κ1) is 22.4. The van der Waals surface area contributed by atoms with Crippen LogP contribution in [0, 0.1) is 5.82 Å². The summed E-state index contributed by atoms with van der Waals surface area (Å²) in [6.45, 7) is 3.26. The number of morpholine rings is 1. The number of anilines is 1. The summed E-state index contributed by atoms with van der Waals surface area (Å²) in [6, 6.07) is 12.4. The Morgan fingerprint density at radius 3 is 2.76 bits per heavy atom. The summed E-state index contributed by atoms with van der Waals surface area (Å²) in [5.41, 5.74) is 4.62. The van der Waals surface area contributed by atoms with Crippen molar-refractivity contribution in [1.82, 2.24) is 10.3 Å². The Balaban J connectivity index is 1.58. The van der Waals surface area contributed by atoms with E-state index in [1.54, 1.807) is 12.1 Å². The molecule has 2 atom stereocenters. The topological polar surface area (TPSA) is 37.4 Å². The molecule has 5 rings (SSSR count). The van der Waals surface area contributed by atoms with E-state index in [4.69, 9.17) is 27.9 Å². The summed E-state index contributed by atoms with van der Waals surface area (Å²) in [6.07, 6.45) is 8.69. The zero-order valence-electron chi connectivity index (χ0n) is 18.0. The summed E-state index contributed by atoms with van der Waals surface area (Å²) in [4.78, 5) is 6.86. The summed E-state index contributed by atoms with van der Waals surface area (Å²) >= 11 is 12.7. The molecule has 4 nitrogen and oxygen atoms in total. The van der Waals surface area contributed by atoms with Crippen LogP contribution in [0.3, 0.4) is 0 Å². The molecular weight excluding hydrogens is 460 g/mol. The molecule has 0 amide bonds. The molecule has 2 fully saturated rings. The first-order chi connectivity index (χ1) is 16.1. The van der Waals surface area contributed by atoms with Crippen LogP contribution in [0.4, 0.5) is 10.1 Å². The lowest BCUT2D eigenvalue weighted by atomic mass is 9.96. The molecule has 0 aliphatic carbocycles. The van der Waals surface area contributed by atoms with E-state index in [9.17, 15) is 4.39 Å². The van der Waals surface area contributed by atoms with Gasteiger partial charge in [0.2, 0.25) is 0 Å². The second-order valence-corrected chi connectivity index (χ2v) is 9.25. The van der Waals surface area contributed by atoms with Crippen molar-refractivity contribution in [3.8, 4) is 11.1 Å². The van der Waals surface area contributed by atoms with Crippen molar-refractivity contribution in [2.24, 2.45) is 0 Å². The minimum Gasteiger partial charge on any atom is -0.373 e. The molecule has 33 heavy (non-hydrogen) atoms. The maximum atomic E-state index is 13.7. The van der Waals surface area contributed by atoms with E-state index in [0.717, 1.165) is 54.0 Å². The number of aromatic nitrogens is 1. The van der Waals surface area contributed by atoms with Gasteiger partial charge in [0.1, 0.15) is 5.82 Å². The molecule has 0 unspecified atom stereocenters. The SMILES string of the molecule is Fc1cccc(C=Cc2cncc(-c3cc(Cl)cc(Cl)c3)c2N2CC[C@@H]3NCCO[C@H]3C2)c1. The van der Waals surface area contributed by atoms with Crippen molar-refractivity contribution < 1.29 is 9.13 Å². The maximum absolute atomic E-state index is 13.7. The van der Waals surface area contributed by atoms with Crippen LogP contribution in [0.1, 0.15) is 17.5 Å². The van der Waals surface area contributed by atoms with Gasteiger partial charge in [0.25, 0.3) is 0 Å². The number of benzene rings is 2. The molecule has 3 aromatic rings. The Kier molecular flexibility index (Phi) is 6.65. The van der Waals surface area contributed by atoms with E-state index >= 15 is 0 Å². The minimum atomic E-state index is -0.262. The molecule has 3 heterocycles. The minimum absolute atomic E-state index is 0.122. The summed E-state index contributed by atoms with van der Waals surface area (Å²) < 4.78 is 19.8. The Labute approximate surface area is 203 Å². The number of nitrogens with zero attached hydrogens (tertiary/aromatic N) is 2. The van der Waals surface area contributed by atoms with Crippen LogP contribution in [-0.4, -0.2) is 43.4 Å². The van der Waals surface area contributed by atoms with Crippen LogP contribution in [0.2, 0.25) is 10.0 Å². The summed E-state index contributed by atoms with van der Waals surface area (Å²) in [5, 5.41) is 4.72. The Hall–Kier alpha value is -2.44. The van der Waals surface area contributed by atoms with Gasteiger partial charge in [-0.3, -0.25) is 4.98 Å². The van der Waals surface area contributed by atoms with Gasteiger partial charge in [0.05, 0.1) is 18.4 Å². The number of piperidine rings is 1. The van der Waals surface area contributed by atoms with Crippen LogP contribution in [0.5, 0.6) is 0 Å². The second kappa shape index (κ2) is 9.82. The second-order valence-electron chi connectivity index (χ2n) is 8.38. The predicted molar refractivity (Wildman–Crippen MR) is 133 cm³/mol. The third kappa shape index (κ3) is 5.07. The Morgan fingerprint density at radius 2 is 1.94 bits per heavy atom. The van der Waals surface area contributed by atoms with Crippen LogP contribution < -0.4 is 10.2 Å². The number of hydrogen-bond acceptors (Lipinski definition) is 4. The third-order valence-electron chi connectivity index (χ3n) is 6.14. The average molecular weight is 484 g/mol. The number of nitrogens with one attached hydrogen (secondary N) is 1. The van der Waals surface area contributed by atoms with Crippen molar-refractivity contribution in [3.63, 3.8) is 0 Å². The number of ether oxygens (including phenoxy) is 1. The van der Waals surface area contributed by atoms with E-state index in [-0.39, 0.29) is 11.9 Å². The van der Waals surface area contributed by atoms with Gasteiger partial charge in [0, 0.05) is 59.2 Å². The number of hydrogen-bond donors (Lipinski definition) is 1. The Bertz CT molecular complexity index is 1170. The smallest absolute Gasteiger partial charge is 0.123 e. The third-order valence-corrected chi connectivity index (χ3v) is 6.58. The highest BCUT2D eigenvalue weighted by Crippen LogP contribution is 2.38. The van der Waals surface area contributed by atoms with Crippen molar-refractivity contribution in [2.75, 3.05) is 31.1 Å². The highest BCUT2D eigenvalue weighted by Gasteiger charge is 2.33. The first-order valence-corrected chi connectivity index (χ1v) is 11.8. The normalized spacial score (nSPS) is 20.8. The van der Waals surface area contributed by atoms with Crippen molar-refractivity contribution in [1.29, 1.82) is 0 Å². The Morgan fingerprint density at radius 1 is 1.09 bits per heavy atom. The number of pyridine rings is 1. The fraction of sp³-hybridized carbons (Fsp3) is 0.269. The van der Waals surface area contributed by atoms with Crippen LogP contribution in [-0.2, 0) is 4.74 Å². The molecule has 0 bridgehead atoms. The number of halogens is 3. The van der Waals surface area contributed by atoms with Crippen molar-refractivity contribution in [3.05, 3.63) is 81.8 Å². The summed E-state index contributed by atoms with van der Waals surface area (Å²) in [5.74, 6) is -0.262. The lowest BCUT2D eigenvalue weighted by Gasteiger charge is -2.43. The number of fused-ring (bicyclic) bond motifs is 1. The van der Waals surface area contributed by atoms with Gasteiger partial charge in [-0.25, -0.2) is 4.39 Å². The molecule has 170 valence electrons. The zero-order valence-corrected chi connectivity index (χ0v) is 19.5. The van der Waals surface area contributed by atoms with E-state index in [1.807, 2.05) is 42.7 Å². The highest BCUT2D eigenvalue weighted by molar-refractivity contribution is 6.35. The highest BCUT2D eigenvalue weighted by atomic mass is 35.5. The van der Waals surface area contributed by atoms with Crippen molar-refractivity contribution >= 4 is 41.0 Å². The van der Waals surface area contributed by atoms with E-state index in [1.165, 1.54) is 12.1 Å². The van der Waals surface area contributed by atoms with Gasteiger partial charge in [-0.2, -0.15) is 0 Å². The fourth-order valence-corrected chi connectivity index (χ4v) is 5.16. The van der Waals surface area contributed by atoms with Gasteiger partial charge in [-0.1, -0.05) is 47.5 Å². The first-order valence-electron chi connectivity index (χ1n) is 11.0. The molecule has 1 N–H and O–H groups in total. The molecule has 0 saturated carbocycles. The molecule has 2 aliphatic rings. The lowest BCUT2D eigenvalue weighted by Crippen LogP contribution is -2.58. The molecule has 0 spiro atoms.